The summed E-state index contributed by atoms with van der Waals surface area (Å²) in [6.07, 6.45) is 2.90. The van der Waals surface area contributed by atoms with Crippen molar-refractivity contribution in [2.45, 2.75) is 38.6 Å². The number of methoxy groups -OCH3 is 1. The standard InChI is InChI=1S/C17H26N2O5S/c1-11(20)18-14(16(22)19-7-3-4-8-19)10-25-9-13-12(17(23)24-2)5-6-15(13)21/h12-14H,3-10H2,1-2H3,(H,18,20)/t12-,13+,14-/m0/s1. The van der Waals surface area contributed by atoms with E-state index in [0.29, 0.717) is 24.3 Å². The lowest BCUT2D eigenvalue weighted by molar-refractivity contribution is -0.147. The number of esters is 1. The Morgan fingerprint density at radius 1 is 1.32 bits per heavy atom. The van der Waals surface area contributed by atoms with Gasteiger partial charge in [-0.25, -0.2) is 0 Å². The number of carbonyl (C=O) groups excluding carboxylic acids is 4. The van der Waals surface area contributed by atoms with E-state index in [1.54, 1.807) is 4.90 Å². The van der Waals surface area contributed by atoms with E-state index in [1.165, 1.54) is 25.8 Å². The first kappa shape index (κ1) is 19.8. The highest BCUT2D eigenvalue weighted by atomic mass is 32.2. The molecule has 140 valence electrons. The predicted molar refractivity (Wildman–Crippen MR) is 94.0 cm³/mol. The molecule has 0 radical (unpaired) electrons. The van der Waals surface area contributed by atoms with E-state index in [-0.39, 0.29) is 29.5 Å². The summed E-state index contributed by atoms with van der Waals surface area (Å²) in [6.45, 7) is 2.85. The molecule has 2 fully saturated rings. The number of likely N-dealkylation sites (tertiary alicyclic amines) is 1. The van der Waals surface area contributed by atoms with Crippen molar-refractivity contribution >= 4 is 35.3 Å². The molecule has 8 heteroatoms. The van der Waals surface area contributed by atoms with Gasteiger partial charge in [0.05, 0.1) is 13.0 Å². The van der Waals surface area contributed by atoms with Crippen LogP contribution in [0, 0.1) is 11.8 Å². The van der Waals surface area contributed by atoms with Crippen LogP contribution >= 0.6 is 11.8 Å². The van der Waals surface area contributed by atoms with Crippen LogP contribution in [0.2, 0.25) is 0 Å². The Morgan fingerprint density at radius 3 is 2.60 bits per heavy atom. The van der Waals surface area contributed by atoms with E-state index >= 15 is 0 Å². The van der Waals surface area contributed by atoms with E-state index < -0.39 is 12.0 Å². The fourth-order valence-corrected chi connectivity index (χ4v) is 4.71. The largest absolute Gasteiger partial charge is 0.469 e. The van der Waals surface area contributed by atoms with Crippen molar-refractivity contribution in [3.8, 4) is 0 Å². The summed E-state index contributed by atoms with van der Waals surface area (Å²) in [4.78, 5) is 49.6. The van der Waals surface area contributed by atoms with Crippen molar-refractivity contribution in [3.63, 3.8) is 0 Å². The highest BCUT2D eigenvalue weighted by Gasteiger charge is 2.40. The number of nitrogens with one attached hydrogen (secondary N) is 1. The third-order valence-corrected chi connectivity index (χ3v) is 5.94. The maximum Gasteiger partial charge on any atom is 0.309 e. The Balaban J connectivity index is 1.90. The van der Waals surface area contributed by atoms with Gasteiger partial charge in [-0.1, -0.05) is 0 Å². The normalized spacial score (nSPS) is 24.2. The number of amides is 2. The van der Waals surface area contributed by atoms with Crippen LogP contribution in [-0.2, 0) is 23.9 Å². The van der Waals surface area contributed by atoms with Crippen LogP contribution in [0.4, 0.5) is 0 Å². The maximum atomic E-state index is 12.5. The van der Waals surface area contributed by atoms with Gasteiger partial charge >= 0.3 is 5.97 Å². The lowest BCUT2D eigenvalue weighted by Crippen LogP contribution is -2.48. The van der Waals surface area contributed by atoms with Crippen LogP contribution in [-0.4, -0.2) is 66.2 Å². The van der Waals surface area contributed by atoms with E-state index in [4.69, 9.17) is 4.74 Å². The minimum Gasteiger partial charge on any atom is -0.469 e. The van der Waals surface area contributed by atoms with Crippen molar-refractivity contribution < 1.29 is 23.9 Å². The fraction of sp³-hybridized carbons (Fsp3) is 0.765. The van der Waals surface area contributed by atoms with Gasteiger partial charge in [0.15, 0.2) is 0 Å². The molecule has 1 saturated carbocycles. The summed E-state index contributed by atoms with van der Waals surface area (Å²) in [5.74, 6) is -0.483. The van der Waals surface area contributed by atoms with Gasteiger partial charge in [0.2, 0.25) is 11.8 Å². The molecule has 0 aromatic heterocycles. The minimum absolute atomic E-state index is 0.0672. The van der Waals surface area contributed by atoms with Crippen LogP contribution in [0.1, 0.15) is 32.6 Å². The SMILES string of the molecule is COC(=O)[C@H]1CCC(=O)[C@@H]1CSC[C@H](NC(C)=O)C(=O)N1CCCC1. The van der Waals surface area contributed by atoms with E-state index in [2.05, 4.69) is 5.32 Å². The van der Waals surface area contributed by atoms with Gasteiger partial charge in [0.25, 0.3) is 0 Å². The van der Waals surface area contributed by atoms with Gasteiger partial charge < -0.3 is 15.0 Å². The number of hydrogen-bond acceptors (Lipinski definition) is 6. The number of thioether (sulfide) groups is 1. The van der Waals surface area contributed by atoms with Gasteiger partial charge in [-0.3, -0.25) is 19.2 Å². The molecule has 2 aliphatic rings. The number of ketones is 1. The van der Waals surface area contributed by atoms with E-state index in [1.807, 2.05) is 0 Å². The highest BCUT2D eigenvalue weighted by molar-refractivity contribution is 7.99. The molecular weight excluding hydrogens is 344 g/mol. The smallest absolute Gasteiger partial charge is 0.309 e. The molecule has 0 unspecified atom stereocenters. The van der Waals surface area contributed by atoms with Gasteiger partial charge in [-0.05, 0) is 19.3 Å². The summed E-state index contributed by atoms with van der Waals surface area (Å²) in [6, 6.07) is -0.589. The van der Waals surface area contributed by atoms with E-state index in [0.717, 1.165) is 25.9 Å². The molecule has 25 heavy (non-hydrogen) atoms. The summed E-state index contributed by atoms with van der Waals surface area (Å²) in [7, 11) is 1.33. The first-order chi connectivity index (χ1) is 11.9. The Labute approximate surface area is 152 Å². The Morgan fingerprint density at radius 2 is 2.00 bits per heavy atom. The van der Waals surface area contributed by atoms with Gasteiger partial charge in [0, 0.05) is 43.9 Å². The molecule has 0 bridgehead atoms. The average molecular weight is 370 g/mol. The molecule has 0 aromatic carbocycles. The molecule has 7 nitrogen and oxygen atoms in total. The Kier molecular flexibility index (Phi) is 7.28. The number of ether oxygens (including phenoxy) is 1. The second kappa shape index (κ2) is 9.22. The second-order valence-electron chi connectivity index (χ2n) is 6.56. The zero-order valence-corrected chi connectivity index (χ0v) is 15.6. The number of nitrogens with zero attached hydrogens (tertiary/aromatic N) is 1. The lowest BCUT2D eigenvalue weighted by atomic mass is 9.98. The summed E-state index contributed by atoms with van der Waals surface area (Å²) >= 11 is 1.43. The van der Waals surface area contributed by atoms with Crippen LogP contribution < -0.4 is 5.32 Å². The number of hydrogen-bond donors (Lipinski definition) is 1. The maximum absolute atomic E-state index is 12.5. The summed E-state index contributed by atoms with van der Waals surface area (Å²) in [5.41, 5.74) is 0. The number of carbonyl (C=O) groups is 4. The monoisotopic (exact) mass is 370 g/mol. The fourth-order valence-electron chi connectivity index (χ4n) is 3.44. The summed E-state index contributed by atoms with van der Waals surface area (Å²) < 4.78 is 4.78. The zero-order chi connectivity index (χ0) is 18.4. The van der Waals surface area contributed by atoms with Crippen molar-refractivity contribution in [3.05, 3.63) is 0 Å². The topological polar surface area (TPSA) is 92.8 Å². The van der Waals surface area contributed by atoms with Crippen molar-refractivity contribution in [1.29, 1.82) is 0 Å². The molecule has 0 spiro atoms. The second-order valence-corrected chi connectivity index (χ2v) is 7.64. The zero-order valence-electron chi connectivity index (χ0n) is 14.8. The molecule has 1 aliphatic carbocycles. The quantitative estimate of drug-likeness (QED) is 0.660. The van der Waals surface area contributed by atoms with Crippen LogP contribution in [0.5, 0.6) is 0 Å². The highest BCUT2D eigenvalue weighted by Crippen LogP contribution is 2.32. The van der Waals surface area contributed by atoms with Crippen LogP contribution in [0.25, 0.3) is 0 Å². The average Bonchev–Trinajstić information content (AvgIpc) is 3.23. The Hall–Kier alpha value is -1.57. The van der Waals surface area contributed by atoms with Gasteiger partial charge in [-0.15, -0.1) is 0 Å². The van der Waals surface area contributed by atoms with E-state index in [9.17, 15) is 19.2 Å². The lowest BCUT2D eigenvalue weighted by Gasteiger charge is -2.24. The number of Topliss-reactive ketones (excluding diaryl/α,β-unsaturated/α-hetero) is 1. The molecule has 1 N–H and O–H groups in total. The first-order valence-electron chi connectivity index (χ1n) is 8.68. The molecule has 1 heterocycles. The molecule has 0 aromatic rings. The van der Waals surface area contributed by atoms with Crippen LogP contribution in [0.15, 0.2) is 0 Å². The molecular formula is C17H26N2O5S. The molecule has 2 amide bonds. The third kappa shape index (κ3) is 5.20. The van der Waals surface area contributed by atoms with Gasteiger partial charge in [-0.2, -0.15) is 11.8 Å². The molecule has 3 atom stereocenters. The van der Waals surface area contributed by atoms with Crippen molar-refractivity contribution in [1.82, 2.24) is 10.2 Å². The third-order valence-electron chi connectivity index (χ3n) is 4.78. The first-order valence-corrected chi connectivity index (χ1v) is 9.83. The summed E-state index contributed by atoms with van der Waals surface area (Å²) in [5, 5.41) is 2.71. The molecule has 2 rings (SSSR count). The van der Waals surface area contributed by atoms with Crippen molar-refractivity contribution in [2.75, 3.05) is 31.7 Å². The van der Waals surface area contributed by atoms with Crippen molar-refractivity contribution in [2.24, 2.45) is 11.8 Å². The number of rotatable bonds is 7. The predicted octanol–water partition coefficient (Wildman–Crippen LogP) is 0.615. The van der Waals surface area contributed by atoms with Gasteiger partial charge in [0.1, 0.15) is 11.8 Å². The molecule has 1 aliphatic heterocycles. The van der Waals surface area contributed by atoms with Crippen LogP contribution in [0.3, 0.4) is 0 Å². The minimum atomic E-state index is -0.589. The molecule has 1 saturated heterocycles. The Bertz CT molecular complexity index is 533.